The summed E-state index contributed by atoms with van der Waals surface area (Å²) in [5, 5.41) is 7.67. The van der Waals surface area contributed by atoms with E-state index in [9.17, 15) is 0 Å². The number of pyridine rings is 1. The van der Waals surface area contributed by atoms with Crippen molar-refractivity contribution in [3.05, 3.63) is 30.4 Å². The standard InChI is InChI=1S/C16H22N4O/c1-2-18-14(12-5-3-4-6-12)11-15-19-16(20-21-15)13-7-9-17-10-8-13/h7-10,12,14,18H,2-6,11H2,1H3. The lowest BCUT2D eigenvalue weighted by atomic mass is 9.95. The van der Waals surface area contributed by atoms with E-state index in [0.29, 0.717) is 11.9 Å². The fourth-order valence-electron chi connectivity index (χ4n) is 3.17. The first-order valence-corrected chi connectivity index (χ1v) is 7.83. The summed E-state index contributed by atoms with van der Waals surface area (Å²) in [6.45, 7) is 3.13. The average Bonchev–Trinajstić information content (AvgIpc) is 3.19. The van der Waals surface area contributed by atoms with Gasteiger partial charge < -0.3 is 9.84 Å². The van der Waals surface area contributed by atoms with Gasteiger partial charge in [-0.1, -0.05) is 24.9 Å². The van der Waals surface area contributed by atoms with Crippen LogP contribution in [0.15, 0.2) is 29.0 Å². The molecule has 0 spiro atoms. The minimum atomic E-state index is 0.447. The molecule has 1 fully saturated rings. The van der Waals surface area contributed by atoms with E-state index >= 15 is 0 Å². The molecule has 0 aromatic carbocycles. The molecule has 0 saturated heterocycles. The highest BCUT2D eigenvalue weighted by atomic mass is 16.5. The predicted octanol–water partition coefficient (Wildman–Crippen LogP) is 2.84. The zero-order chi connectivity index (χ0) is 14.5. The van der Waals surface area contributed by atoms with Gasteiger partial charge in [-0.15, -0.1) is 0 Å². The van der Waals surface area contributed by atoms with E-state index in [2.05, 4.69) is 27.4 Å². The summed E-state index contributed by atoms with van der Waals surface area (Å²) in [5.74, 6) is 2.11. The largest absolute Gasteiger partial charge is 0.339 e. The smallest absolute Gasteiger partial charge is 0.228 e. The lowest BCUT2D eigenvalue weighted by Gasteiger charge is -2.22. The highest BCUT2D eigenvalue weighted by molar-refractivity contribution is 5.52. The summed E-state index contributed by atoms with van der Waals surface area (Å²) in [6, 6.07) is 4.24. The van der Waals surface area contributed by atoms with Gasteiger partial charge in [0.05, 0.1) is 0 Å². The second-order valence-electron chi connectivity index (χ2n) is 5.66. The first-order valence-electron chi connectivity index (χ1n) is 7.83. The molecule has 112 valence electrons. The van der Waals surface area contributed by atoms with E-state index in [0.717, 1.165) is 30.3 Å². The molecule has 1 saturated carbocycles. The summed E-state index contributed by atoms with van der Waals surface area (Å²) in [6.07, 6.45) is 9.61. The number of aromatic nitrogens is 3. The molecule has 1 aliphatic rings. The van der Waals surface area contributed by atoms with Crippen LogP contribution in [-0.2, 0) is 6.42 Å². The SMILES string of the molecule is CCNC(Cc1nc(-c2ccncc2)no1)C1CCCC1. The number of nitrogens with zero attached hydrogens (tertiary/aromatic N) is 3. The Morgan fingerprint density at radius 1 is 1.29 bits per heavy atom. The number of hydrogen-bond donors (Lipinski definition) is 1. The van der Waals surface area contributed by atoms with Crippen molar-refractivity contribution < 1.29 is 4.52 Å². The van der Waals surface area contributed by atoms with E-state index in [1.165, 1.54) is 25.7 Å². The third-order valence-electron chi connectivity index (χ3n) is 4.24. The maximum Gasteiger partial charge on any atom is 0.228 e. The van der Waals surface area contributed by atoms with Gasteiger partial charge in [-0.05, 0) is 37.4 Å². The fraction of sp³-hybridized carbons (Fsp3) is 0.562. The lowest BCUT2D eigenvalue weighted by Crippen LogP contribution is -2.37. The monoisotopic (exact) mass is 286 g/mol. The maximum absolute atomic E-state index is 5.43. The summed E-state index contributed by atoms with van der Waals surface area (Å²) in [5.41, 5.74) is 0.945. The minimum Gasteiger partial charge on any atom is -0.339 e. The van der Waals surface area contributed by atoms with Crippen molar-refractivity contribution >= 4 is 0 Å². The second kappa shape index (κ2) is 6.80. The van der Waals surface area contributed by atoms with E-state index < -0.39 is 0 Å². The predicted molar refractivity (Wildman–Crippen MR) is 80.7 cm³/mol. The summed E-state index contributed by atoms with van der Waals surface area (Å²) < 4.78 is 5.43. The Bertz CT molecular complexity index is 548. The Hall–Kier alpha value is -1.75. The Morgan fingerprint density at radius 2 is 2.05 bits per heavy atom. The molecule has 1 unspecified atom stereocenters. The summed E-state index contributed by atoms with van der Waals surface area (Å²) in [7, 11) is 0. The Balaban J connectivity index is 1.70. The Morgan fingerprint density at radius 3 is 2.76 bits per heavy atom. The van der Waals surface area contributed by atoms with Crippen LogP contribution in [-0.4, -0.2) is 27.7 Å². The third-order valence-corrected chi connectivity index (χ3v) is 4.24. The lowest BCUT2D eigenvalue weighted by molar-refractivity contribution is 0.311. The van der Waals surface area contributed by atoms with Gasteiger partial charge in [0.25, 0.3) is 0 Å². The molecule has 0 radical (unpaired) electrons. The van der Waals surface area contributed by atoms with Gasteiger partial charge in [-0.25, -0.2) is 0 Å². The third kappa shape index (κ3) is 3.47. The zero-order valence-corrected chi connectivity index (χ0v) is 12.5. The number of nitrogens with one attached hydrogen (secondary N) is 1. The molecule has 2 aromatic rings. The summed E-state index contributed by atoms with van der Waals surface area (Å²) >= 11 is 0. The van der Waals surface area contributed by atoms with E-state index in [4.69, 9.17) is 4.52 Å². The van der Waals surface area contributed by atoms with Gasteiger partial charge in [-0.3, -0.25) is 4.98 Å². The first kappa shape index (κ1) is 14.2. The van der Waals surface area contributed by atoms with Crippen molar-refractivity contribution in [2.45, 2.75) is 45.1 Å². The second-order valence-corrected chi connectivity index (χ2v) is 5.66. The van der Waals surface area contributed by atoms with Gasteiger partial charge in [0, 0.05) is 30.4 Å². The topological polar surface area (TPSA) is 63.8 Å². The van der Waals surface area contributed by atoms with Crippen molar-refractivity contribution in [2.75, 3.05) is 6.54 Å². The molecule has 1 aliphatic carbocycles. The van der Waals surface area contributed by atoms with Crippen LogP contribution in [0.2, 0.25) is 0 Å². The van der Waals surface area contributed by atoms with Gasteiger partial charge in [0.2, 0.25) is 11.7 Å². The molecule has 0 aliphatic heterocycles. The highest BCUT2D eigenvalue weighted by Crippen LogP contribution is 2.29. The molecule has 5 heteroatoms. The normalized spacial score (nSPS) is 17.2. The highest BCUT2D eigenvalue weighted by Gasteiger charge is 2.26. The average molecular weight is 286 g/mol. The fourth-order valence-corrected chi connectivity index (χ4v) is 3.17. The van der Waals surface area contributed by atoms with Gasteiger partial charge in [0.1, 0.15) is 0 Å². The minimum absolute atomic E-state index is 0.447. The van der Waals surface area contributed by atoms with E-state index in [1.54, 1.807) is 12.4 Å². The molecule has 5 nitrogen and oxygen atoms in total. The molecular formula is C16H22N4O. The van der Waals surface area contributed by atoms with Crippen molar-refractivity contribution in [2.24, 2.45) is 5.92 Å². The van der Waals surface area contributed by atoms with Crippen LogP contribution in [0.4, 0.5) is 0 Å². The molecule has 0 amide bonds. The van der Waals surface area contributed by atoms with Crippen LogP contribution in [0.25, 0.3) is 11.4 Å². The molecule has 1 atom stereocenters. The van der Waals surface area contributed by atoms with Gasteiger partial charge in [0.15, 0.2) is 0 Å². The molecule has 2 heterocycles. The van der Waals surface area contributed by atoms with E-state index in [1.807, 2.05) is 12.1 Å². The summed E-state index contributed by atoms with van der Waals surface area (Å²) in [4.78, 5) is 8.53. The van der Waals surface area contributed by atoms with Crippen LogP contribution in [0.5, 0.6) is 0 Å². The van der Waals surface area contributed by atoms with Crippen molar-refractivity contribution in [1.82, 2.24) is 20.4 Å². The molecular weight excluding hydrogens is 264 g/mol. The number of rotatable bonds is 6. The zero-order valence-electron chi connectivity index (χ0n) is 12.5. The molecule has 3 rings (SSSR count). The molecule has 21 heavy (non-hydrogen) atoms. The van der Waals surface area contributed by atoms with Gasteiger partial charge in [-0.2, -0.15) is 4.98 Å². The van der Waals surface area contributed by atoms with Crippen LogP contribution < -0.4 is 5.32 Å². The van der Waals surface area contributed by atoms with Crippen LogP contribution in [0.1, 0.15) is 38.5 Å². The Kier molecular flexibility index (Phi) is 4.60. The van der Waals surface area contributed by atoms with Crippen molar-refractivity contribution in [1.29, 1.82) is 0 Å². The van der Waals surface area contributed by atoms with Crippen molar-refractivity contribution in [3.8, 4) is 11.4 Å². The number of hydrogen-bond acceptors (Lipinski definition) is 5. The first-order chi connectivity index (χ1) is 10.4. The van der Waals surface area contributed by atoms with Crippen molar-refractivity contribution in [3.63, 3.8) is 0 Å². The van der Waals surface area contributed by atoms with Crippen LogP contribution in [0.3, 0.4) is 0 Å². The van der Waals surface area contributed by atoms with Crippen LogP contribution in [0, 0.1) is 5.92 Å². The quantitative estimate of drug-likeness (QED) is 0.884. The molecule has 2 aromatic heterocycles. The Labute approximate surface area is 125 Å². The number of likely N-dealkylation sites (N-methyl/N-ethyl adjacent to an activating group) is 1. The molecule has 1 N–H and O–H groups in total. The maximum atomic E-state index is 5.43. The van der Waals surface area contributed by atoms with Crippen LogP contribution >= 0.6 is 0 Å². The van der Waals surface area contributed by atoms with E-state index in [-0.39, 0.29) is 0 Å². The molecule has 0 bridgehead atoms. The van der Waals surface area contributed by atoms with Gasteiger partial charge >= 0.3 is 0 Å².